The molecule has 0 spiro atoms. The van der Waals surface area contributed by atoms with Crippen molar-refractivity contribution in [3.05, 3.63) is 71.3 Å². The molecule has 2 nitrogen and oxygen atoms in total. The summed E-state index contributed by atoms with van der Waals surface area (Å²) in [6.45, 7) is 0.591. The number of para-hydroxylation sites is 1. The summed E-state index contributed by atoms with van der Waals surface area (Å²) < 4.78 is 5.83. The average Bonchev–Trinajstić information content (AvgIpc) is 2.58. The van der Waals surface area contributed by atoms with E-state index in [1.807, 2.05) is 42.5 Å². The number of fused-ring (bicyclic) bond motifs is 2. The number of aliphatic hydroxyl groups is 1. The molecule has 1 aliphatic heterocycles. The highest BCUT2D eigenvalue weighted by Gasteiger charge is 2.17. The summed E-state index contributed by atoms with van der Waals surface area (Å²) in [6, 6.07) is 16.1. The van der Waals surface area contributed by atoms with Gasteiger partial charge < -0.3 is 9.84 Å². The molecule has 90 valence electrons. The van der Waals surface area contributed by atoms with Gasteiger partial charge in [-0.3, -0.25) is 0 Å². The lowest BCUT2D eigenvalue weighted by Crippen LogP contribution is -1.94. The van der Waals surface area contributed by atoms with Crippen molar-refractivity contribution in [3.63, 3.8) is 0 Å². The molecule has 0 amide bonds. The molecule has 0 saturated carbocycles. The first kappa shape index (κ1) is 11.1. The molecular weight excluding hydrogens is 224 g/mol. The van der Waals surface area contributed by atoms with E-state index >= 15 is 0 Å². The van der Waals surface area contributed by atoms with E-state index in [4.69, 9.17) is 4.74 Å². The first-order chi connectivity index (χ1) is 8.90. The van der Waals surface area contributed by atoms with E-state index in [1.54, 1.807) is 0 Å². The van der Waals surface area contributed by atoms with Gasteiger partial charge in [0.05, 0.1) is 6.61 Å². The van der Waals surface area contributed by atoms with Crippen molar-refractivity contribution in [2.45, 2.75) is 6.61 Å². The molecule has 1 aliphatic rings. The van der Waals surface area contributed by atoms with Gasteiger partial charge in [0.1, 0.15) is 12.4 Å². The van der Waals surface area contributed by atoms with Gasteiger partial charge in [-0.25, -0.2) is 0 Å². The highest BCUT2D eigenvalue weighted by atomic mass is 16.5. The van der Waals surface area contributed by atoms with E-state index in [0.717, 1.165) is 28.0 Å². The molecule has 0 saturated heterocycles. The average molecular weight is 238 g/mol. The molecule has 0 bridgehead atoms. The minimum atomic E-state index is 0.0258. The number of ether oxygens (including phenoxy) is 1. The summed E-state index contributed by atoms with van der Waals surface area (Å²) in [4.78, 5) is 0. The monoisotopic (exact) mass is 238 g/mol. The van der Waals surface area contributed by atoms with Gasteiger partial charge in [0, 0.05) is 5.56 Å². The topological polar surface area (TPSA) is 29.5 Å². The van der Waals surface area contributed by atoms with Crippen LogP contribution in [0, 0.1) is 0 Å². The van der Waals surface area contributed by atoms with Gasteiger partial charge in [-0.15, -0.1) is 0 Å². The zero-order valence-electron chi connectivity index (χ0n) is 9.97. The van der Waals surface area contributed by atoms with Crippen molar-refractivity contribution in [2.75, 3.05) is 6.61 Å². The van der Waals surface area contributed by atoms with Gasteiger partial charge in [-0.1, -0.05) is 48.5 Å². The van der Waals surface area contributed by atoms with E-state index in [0.29, 0.717) is 6.61 Å². The summed E-state index contributed by atoms with van der Waals surface area (Å²) >= 11 is 0. The van der Waals surface area contributed by atoms with Crippen molar-refractivity contribution in [1.29, 1.82) is 0 Å². The molecule has 3 rings (SSSR count). The summed E-state index contributed by atoms with van der Waals surface area (Å²) in [5, 5.41) is 9.24. The minimum absolute atomic E-state index is 0.0258. The molecule has 1 N–H and O–H groups in total. The van der Waals surface area contributed by atoms with Crippen molar-refractivity contribution in [2.24, 2.45) is 0 Å². The van der Waals surface area contributed by atoms with Crippen LogP contribution in [0.1, 0.15) is 16.7 Å². The predicted molar refractivity (Wildman–Crippen MR) is 71.4 cm³/mol. The van der Waals surface area contributed by atoms with Crippen molar-refractivity contribution in [3.8, 4) is 5.75 Å². The minimum Gasteiger partial charge on any atom is -0.488 e. The van der Waals surface area contributed by atoms with Crippen LogP contribution in [0.3, 0.4) is 0 Å². The largest absolute Gasteiger partial charge is 0.488 e. The third-order valence-corrected chi connectivity index (χ3v) is 3.16. The van der Waals surface area contributed by atoms with Crippen LogP contribution < -0.4 is 4.74 Å². The lowest BCUT2D eigenvalue weighted by atomic mass is 9.94. The molecule has 2 aromatic rings. The van der Waals surface area contributed by atoms with Gasteiger partial charge in [0.15, 0.2) is 0 Å². The number of benzene rings is 2. The van der Waals surface area contributed by atoms with Gasteiger partial charge in [-0.05, 0) is 22.8 Å². The zero-order valence-corrected chi connectivity index (χ0v) is 9.97. The Balaban J connectivity index is 2.25. The molecule has 1 heterocycles. The third-order valence-electron chi connectivity index (χ3n) is 3.16. The van der Waals surface area contributed by atoms with Crippen LogP contribution in [-0.4, -0.2) is 11.7 Å². The fraction of sp³-hybridized carbons (Fsp3) is 0.125. The fourth-order valence-electron chi connectivity index (χ4n) is 2.34. The second-order valence-corrected chi connectivity index (χ2v) is 4.24. The van der Waals surface area contributed by atoms with Crippen LogP contribution in [0.5, 0.6) is 5.75 Å². The lowest BCUT2D eigenvalue weighted by molar-refractivity contribution is 0.307. The normalized spacial score (nSPS) is 15.5. The SMILES string of the molecule is OC/C=C1/c2ccccc2COc2ccccc21. The fourth-order valence-corrected chi connectivity index (χ4v) is 2.34. The Morgan fingerprint density at radius 3 is 2.56 bits per heavy atom. The zero-order chi connectivity index (χ0) is 12.4. The summed E-state index contributed by atoms with van der Waals surface area (Å²) in [6.07, 6.45) is 1.84. The second kappa shape index (κ2) is 4.67. The highest BCUT2D eigenvalue weighted by Crippen LogP contribution is 2.36. The number of hydrogen-bond acceptors (Lipinski definition) is 2. The quantitative estimate of drug-likeness (QED) is 0.827. The van der Waals surface area contributed by atoms with Gasteiger partial charge in [0.25, 0.3) is 0 Å². The smallest absolute Gasteiger partial charge is 0.127 e. The number of hydrogen-bond donors (Lipinski definition) is 1. The molecule has 2 heteroatoms. The Kier molecular flexibility index (Phi) is 2.87. The lowest BCUT2D eigenvalue weighted by Gasteiger charge is -2.09. The van der Waals surface area contributed by atoms with Gasteiger partial charge in [-0.2, -0.15) is 0 Å². The number of rotatable bonds is 1. The Labute approximate surface area is 106 Å². The molecule has 0 aromatic heterocycles. The van der Waals surface area contributed by atoms with Crippen LogP contribution in [0.25, 0.3) is 5.57 Å². The second-order valence-electron chi connectivity index (χ2n) is 4.24. The molecule has 0 unspecified atom stereocenters. The summed E-state index contributed by atoms with van der Waals surface area (Å²) in [5.41, 5.74) is 4.36. The maximum atomic E-state index is 9.24. The van der Waals surface area contributed by atoms with Crippen LogP contribution >= 0.6 is 0 Å². The highest BCUT2D eigenvalue weighted by molar-refractivity contribution is 5.84. The van der Waals surface area contributed by atoms with Crippen LogP contribution in [0.15, 0.2) is 54.6 Å². The predicted octanol–water partition coefficient (Wildman–Crippen LogP) is 3.00. The third kappa shape index (κ3) is 1.81. The van der Waals surface area contributed by atoms with Crippen molar-refractivity contribution < 1.29 is 9.84 Å². The molecule has 0 fully saturated rings. The van der Waals surface area contributed by atoms with Crippen LogP contribution in [0.4, 0.5) is 0 Å². The number of aliphatic hydroxyl groups excluding tert-OH is 1. The van der Waals surface area contributed by atoms with Crippen molar-refractivity contribution in [1.82, 2.24) is 0 Å². The Bertz CT molecular complexity index is 550. The Morgan fingerprint density at radius 2 is 1.72 bits per heavy atom. The first-order valence-electron chi connectivity index (χ1n) is 6.01. The molecule has 0 aliphatic carbocycles. The molecular formula is C16H14O2. The van der Waals surface area contributed by atoms with E-state index in [9.17, 15) is 5.11 Å². The Hall–Kier alpha value is -2.06. The van der Waals surface area contributed by atoms with E-state index in [-0.39, 0.29) is 6.61 Å². The maximum absolute atomic E-state index is 9.24. The molecule has 2 aromatic carbocycles. The standard InChI is InChI=1S/C16H14O2/c17-10-9-14-13-6-2-1-5-12(13)11-18-16-8-4-3-7-15(14)16/h1-9,17H,10-11H2/b14-9-. The van der Waals surface area contributed by atoms with Gasteiger partial charge >= 0.3 is 0 Å². The first-order valence-corrected chi connectivity index (χ1v) is 6.01. The molecule has 0 radical (unpaired) electrons. The maximum Gasteiger partial charge on any atom is 0.127 e. The van der Waals surface area contributed by atoms with Crippen LogP contribution in [0.2, 0.25) is 0 Å². The van der Waals surface area contributed by atoms with E-state index < -0.39 is 0 Å². The van der Waals surface area contributed by atoms with E-state index in [1.165, 1.54) is 0 Å². The summed E-state index contributed by atoms with van der Waals surface area (Å²) in [7, 11) is 0. The van der Waals surface area contributed by atoms with Gasteiger partial charge in [0.2, 0.25) is 0 Å². The van der Waals surface area contributed by atoms with Crippen molar-refractivity contribution >= 4 is 5.57 Å². The Morgan fingerprint density at radius 1 is 1.00 bits per heavy atom. The van der Waals surface area contributed by atoms with E-state index in [2.05, 4.69) is 12.1 Å². The van der Waals surface area contributed by atoms with Crippen LogP contribution in [-0.2, 0) is 6.61 Å². The molecule has 0 atom stereocenters. The molecule has 18 heavy (non-hydrogen) atoms. The summed E-state index contributed by atoms with van der Waals surface area (Å²) in [5.74, 6) is 0.869.